The molecule has 19 heavy (non-hydrogen) atoms. The number of nitrogens with zero attached hydrogens (tertiary/aromatic N) is 2. The molecule has 108 valence electrons. The Hall–Kier alpha value is -0.900. The molecule has 0 bridgehead atoms. The minimum Gasteiger partial charge on any atom is -0.339 e. The molecule has 2 N–H and O–H groups in total. The fraction of sp³-hybridized carbons (Fsp3) is 0.867. The van der Waals surface area contributed by atoms with Crippen molar-refractivity contribution < 1.29 is 4.52 Å². The Balaban J connectivity index is 1.87. The monoisotopic (exact) mass is 265 g/mol. The van der Waals surface area contributed by atoms with Gasteiger partial charge in [-0.25, -0.2) is 0 Å². The number of aryl methyl sites for hydroxylation is 1. The largest absolute Gasteiger partial charge is 0.339 e. The Morgan fingerprint density at radius 2 is 2.05 bits per heavy atom. The van der Waals surface area contributed by atoms with Gasteiger partial charge < -0.3 is 10.3 Å². The first-order valence-corrected chi connectivity index (χ1v) is 7.53. The lowest BCUT2D eigenvalue weighted by Gasteiger charge is -2.30. The van der Waals surface area contributed by atoms with E-state index in [2.05, 4.69) is 30.9 Å². The van der Waals surface area contributed by atoms with Crippen LogP contribution in [0.4, 0.5) is 0 Å². The van der Waals surface area contributed by atoms with Crippen LogP contribution < -0.4 is 5.73 Å². The van der Waals surface area contributed by atoms with Gasteiger partial charge in [0.15, 0.2) is 5.82 Å². The number of aromatic nitrogens is 2. The van der Waals surface area contributed by atoms with E-state index in [1.807, 2.05) is 0 Å². The summed E-state index contributed by atoms with van der Waals surface area (Å²) in [6.07, 6.45) is 6.76. The highest BCUT2D eigenvalue weighted by atomic mass is 16.5. The maximum atomic E-state index is 5.71. The van der Waals surface area contributed by atoms with Crippen LogP contribution in [0.3, 0.4) is 0 Å². The summed E-state index contributed by atoms with van der Waals surface area (Å²) in [5.41, 5.74) is 6.00. The van der Waals surface area contributed by atoms with Gasteiger partial charge in [-0.1, -0.05) is 32.3 Å². The van der Waals surface area contributed by atoms with Gasteiger partial charge in [0, 0.05) is 12.3 Å². The molecule has 0 saturated heterocycles. The lowest BCUT2D eigenvalue weighted by Crippen LogP contribution is -2.24. The average molecular weight is 265 g/mol. The summed E-state index contributed by atoms with van der Waals surface area (Å²) < 4.78 is 5.37. The number of hydrogen-bond donors (Lipinski definition) is 1. The summed E-state index contributed by atoms with van der Waals surface area (Å²) in [5, 5.41) is 4.11. The standard InChI is InChI=1S/C15H27N3O/c1-15(2,3)12(9-10-16)7-8-13-17-14(18-19-13)11-5-4-6-11/h11-12H,4-10,16H2,1-3H3. The minimum absolute atomic E-state index is 0.288. The second kappa shape index (κ2) is 6.04. The van der Waals surface area contributed by atoms with Crippen LogP contribution in [-0.4, -0.2) is 16.7 Å². The first kappa shape index (κ1) is 14.5. The molecule has 1 aromatic heterocycles. The van der Waals surface area contributed by atoms with Gasteiger partial charge in [-0.3, -0.25) is 0 Å². The molecule has 2 rings (SSSR count). The third-order valence-electron chi connectivity index (χ3n) is 4.40. The van der Waals surface area contributed by atoms with Crippen molar-refractivity contribution in [2.45, 2.75) is 65.2 Å². The van der Waals surface area contributed by atoms with Crippen molar-refractivity contribution in [3.8, 4) is 0 Å². The second-order valence-electron chi connectivity index (χ2n) is 6.85. The zero-order chi connectivity index (χ0) is 13.9. The molecule has 0 aliphatic heterocycles. The molecule has 1 atom stereocenters. The molecular formula is C15H27N3O. The van der Waals surface area contributed by atoms with Crippen LogP contribution in [0.1, 0.15) is 70.5 Å². The lowest BCUT2D eigenvalue weighted by atomic mass is 9.76. The van der Waals surface area contributed by atoms with Crippen molar-refractivity contribution in [1.82, 2.24) is 10.1 Å². The quantitative estimate of drug-likeness (QED) is 0.857. The molecule has 4 nitrogen and oxygen atoms in total. The summed E-state index contributed by atoms with van der Waals surface area (Å²) in [4.78, 5) is 4.54. The van der Waals surface area contributed by atoms with E-state index in [1.54, 1.807) is 0 Å². The first-order chi connectivity index (χ1) is 9.00. The maximum Gasteiger partial charge on any atom is 0.226 e. The zero-order valence-electron chi connectivity index (χ0n) is 12.5. The van der Waals surface area contributed by atoms with Crippen molar-refractivity contribution in [2.24, 2.45) is 17.1 Å². The predicted octanol–water partition coefficient (Wildman–Crippen LogP) is 3.28. The summed E-state index contributed by atoms with van der Waals surface area (Å²) in [6.45, 7) is 7.59. The molecule has 0 amide bonds. The summed E-state index contributed by atoms with van der Waals surface area (Å²) >= 11 is 0. The van der Waals surface area contributed by atoms with Gasteiger partial charge >= 0.3 is 0 Å². The van der Waals surface area contributed by atoms with Crippen molar-refractivity contribution in [3.05, 3.63) is 11.7 Å². The average Bonchev–Trinajstić information content (AvgIpc) is 2.68. The number of rotatable bonds is 6. The lowest BCUT2D eigenvalue weighted by molar-refractivity contribution is 0.208. The van der Waals surface area contributed by atoms with E-state index in [9.17, 15) is 0 Å². The van der Waals surface area contributed by atoms with Gasteiger partial charge in [0.25, 0.3) is 0 Å². The normalized spacial score (nSPS) is 18.3. The van der Waals surface area contributed by atoms with Gasteiger partial charge in [0.1, 0.15) is 0 Å². The third-order valence-corrected chi connectivity index (χ3v) is 4.40. The Bertz CT molecular complexity index is 390. The SMILES string of the molecule is CC(C)(C)C(CCN)CCc1nc(C2CCC2)no1. The van der Waals surface area contributed by atoms with E-state index < -0.39 is 0 Å². The van der Waals surface area contributed by atoms with Crippen LogP contribution in [0.15, 0.2) is 4.52 Å². The van der Waals surface area contributed by atoms with E-state index >= 15 is 0 Å². The van der Waals surface area contributed by atoms with Gasteiger partial charge in [-0.05, 0) is 43.6 Å². The highest BCUT2D eigenvalue weighted by Gasteiger charge is 2.26. The van der Waals surface area contributed by atoms with Crippen LogP contribution in [0.25, 0.3) is 0 Å². The molecule has 1 saturated carbocycles. The molecule has 1 aromatic rings. The fourth-order valence-corrected chi connectivity index (χ4v) is 2.71. The van der Waals surface area contributed by atoms with E-state index in [4.69, 9.17) is 10.3 Å². The van der Waals surface area contributed by atoms with E-state index in [-0.39, 0.29) is 5.41 Å². The Morgan fingerprint density at radius 1 is 1.32 bits per heavy atom. The van der Waals surface area contributed by atoms with Crippen LogP contribution in [0.5, 0.6) is 0 Å². The molecule has 0 aromatic carbocycles. The van der Waals surface area contributed by atoms with Gasteiger partial charge in [-0.2, -0.15) is 4.98 Å². The van der Waals surface area contributed by atoms with E-state index in [0.29, 0.717) is 11.8 Å². The summed E-state index contributed by atoms with van der Waals surface area (Å²) in [6, 6.07) is 0. The zero-order valence-corrected chi connectivity index (χ0v) is 12.5. The van der Waals surface area contributed by atoms with Gasteiger partial charge in [0.05, 0.1) is 0 Å². The topological polar surface area (TPSA) is 64.9 Å². The summed E-state index contributed by atoms with van der Waals surface area (Å²) in [7, 11) is 0. The molecule has 1 aliphatic carbocycles. The molecular weight excluding hydrogens is 238 g/mol. The molecule has 1 heterocycles. The number of nitrogens with two attached hydrogens (primary N) is 1. The smallest absolute Gasteiger partial charge is 0.226 e. The van der Waals surface area contributed by atoms with Crippen molar-refractivity contribution >= 4 is 0 Å². The Labute approximate surface area is 116 Å². The summed E-state index contributed by atoms with van der Waals surface area (Å²) in [5.74, 6) is 2.89. The molecule has 1 unspecified atom stereocenters. The molecule has 1 aliphatic rings. The highest BCUT2D eigenvalue weighted by molar-refractivity contribution is 4.99. The van der Waals surface area contributed by atoms with Crippen LogP contribution in [0.2, 0.25) is 0 Å². The van der Waals surface area contributed by atoms with Crippen molar-refractivity contribution in [2.75, 3.05) is 6.54 Å². The Kier molecular flexibility index (Phi) is 4.61. The van der Waals surface area contributed by atoms with Crippen molar-refractivity contribution in [3.63, 3.8) is 0 Å². The molecule has 4 heteroatoms. The fourth-order valence-electron chi connectivity index (χ4n) is 2.71. The van der Waals surface area contributed by atoms with Crippen LogP contribution in [0, 0.1) is 11.3 Å². The maximum absolute atomic E-state index is 5.71. The van der Waals surface area contributed by atoms with E-state index in [0.717, 1.165) is 37.5 Å². The molecule has 0 spiro atoms. The van der Waals surface area contributed by atoms with Crippen LogP contribution >= 0.6 is 0 Å². The van der Waals surface area contributed by atoms with Gasteiger partial charge in [0.2, 0.25) is 5.89 Å². The number of hydrogen-bond acceptors (Lipinski definition) is 4. The van der Waals surface area contributed by atoms with Gasteiger partial charge in [-0.15, -0.1) is 0 Å². The predicted molar refractivity (Wildman–Crippen MR) is 75.8 cm³/mol. The first-order valence-electron chi connectivity index (χ1n) is 7.53. The molecule has 1 fully saturated rings. The highest BCUT2D eigenvalue weighted by Crippen LogP contribution is 2.35. The van der Waals surface area contributed by atoms with Crippen LogP contribution in [-0.2, 0) is 6.42 Å². The second-order valence-corrected chi connectivity index (χ2v) is 6.85. The minimum atomic E-state index is 0.288. The third kappa shape index (κ3) is 3.78. The Morgan fingerprint density at radius 3 is 2.58 bits per heavy atom. The van der Waals surface area contributed by atoms with E-state index in [1.165, 1.54) is 19.3 Å². The molecule has 0 radical (unpaired) electrons. The van der Waals surface area contributed by atoms with Crippen molar-refractivity contribution in [1.29, 1.82) is 0 Å².